The molecule has 0 aliphatic heterocycles. The van der Waals surface area contributed by atoms with Crippen LogP contribution in [0, 0.1) is 0 Å². The maximum atomic E-state index is 6.19. The quantitative estimate of drug-likeness (QED) is 0.453. The molecule has 0 saturated heterocycles. The topological polar surface area (TPSA) is 101 Å². The van der Waals surface area contributed by atoms with Gasteiger partial charge in [-0.2, -0.15) is 0 Å². The summed E-state index contributed by atoms with van der Waals surface area (Å²) >= 11 is 0. The number of rotatable bonds is 10. The van der Waals surface area contributed by atoms with E-state index in [4.69, 9.17) is 10.5 Å². The first-order valence-corrected chi connectivity index (χ1v) is 10.4. The maximum absolute atomic E-state index is 6.19. The summed E-state index contributed by atoms with van der Waals surface area (Å²) in [6.45, 7) is 8.73. The van der Waals surface area contributed by atoms with E-state index in [0.29, 0.717) is 18.2 Å². The molecule has 3 aromatic rings. The number of benzene rings is 2. The number of hydrogen-bond acceptors (Lipinski definition) is 8. The third-order valence-electron chi connectivity index (χ3n) is 4.96. The molecule has 0 fully saturated rings. The summed E-state index contributed by atoms with van der Waals surface area (Å²) in [5, 5.41) is 4.16. The first kappa shape index (κ1) is 23.6. The number of nitrogens with two attached hydrogens (primary N) is 1. The Morgan fingerprint density at radius 1 is 1.24 bits per heavy atom. The molecule has 2 aromatic carbocycles. The summed E-state index contributed by atoms with van der Waals surface area (Å²) in [4.78, 5) is 19.2. The van der Waals surface area contributed by atoms with Crippen LogP contribution in [0.2, 0.25) is 0 Å². The third kappa shape index (κ3) is 5.61. The second-order valence-electron chi connectivity index (χ2n) is 7.51. The van der Waals surface area contributed by atoms with E-state index in [1.54, 1.807) is 19.3 Å². The second kappa shape index (κ2) is 11.0. The Kier molecular flexibility index (Phi) is 7.88. The van der Waals surface area contributed by atoms with Crippen molar-refractivity contribution in [2.24, 2.45) is 15.7 Å². The molecule has 0 amide bonds. The molecule has 3 N–H and O–H groups in total. The zero-order valence-corrected chi connectivity index (χ0v) is 19.2. The Balaban J connectivity index is 2.12. The average molecular weight is 444 g/mol. The molecule has 8 nitrogen and oxygen atoms in total. The number of anilines is 2. The van der Waals surface area contributed by atoms with Crippen LogP contribution in [0.25, 0.3) is 22.6 Å². The monoisotopic (exact) mass is 443 g/mol. The van der Waals surface area contributed by atoms with Gasteiger partial charge in [-0.3, -0.25) is 9.98 Å². The van der Waals surface area contributed by atoms with Crippen LogP contribution in [0.4, 0.5) is 17.2 Å². The number of nitrogens with one attached hydrogen (secondary N) is 1. The van der Waals surface area contributed by atoms with Gasteiger partial charge >= 0.3 is 0 Å². The Hall–Kier alpha value is -4.04. The van der Waals surface area contributed by atoms with Crippen molar-refractivity contribution in [1.82, 2.24) is 14.9 Å². The van der Waals surface area contributed by atoms with Crippen LogP contribution in [0.5, 0.6) is 5.75 Å². The Bertz CT molecular complexity index is 1210. The number of aromatic nitrogens is 2. The lowest BCUT2D eigenvalue weighted by Crippen LogP contribution is -2.19. The summed E-state index contributed by atoms with van der Waals surface area (Å²) in [7, 11) is 5.70. The fourth-order valence-electron chi connectivity index (χ4n) is 3.30. The van der Waals surface area contributed by atoms with Crippen molar-refractivity contribution in [3.63, 3.8) is 0 Å². The van der Waals surface area contributed by atoms with Gasteiger partial charge in [-0.25, -0.2) is 9.97 Å². The van der Waals surface area contributed by atoms with Crippen LogP contribution in [0.15, 0.2) is 59.4 Å². The highest BCUT2D eigenvalue weighted by molar-refractivity contribution is 6.11. The highest BCUT2D eigenvalue weighted by atomic mass is 16.5. The SMILES string of the molecule is C=Cc1cc(Nc2ncnc3cc(/C(C=NC)=C/N)cc(OCCN(C)C)c23)ccc1N=C. The first-order chi connectivity index (χ1) is 16.0. The van der Waals surface area contributed by atoms with Crippen LogP contribution >= 0.6 is 0 Å². The number of fused-ring (bicyclic) bond motifs is 1. The lowest BCUT2D eigenvalue weighted by molar-refractivity contribution is 0.263. The normalized spacial score (nSPS) is 11.8. The molecule has 0 saturated carbocycles. The molecule has 170 valence electrons. The number of allylic oxidation sites excluding steroid dienone is 1. The van der Waals surface area contributed by atoms with Gasteiger partial charge in [-0.05, 0) is 56.7 Å². The van der Waals surface area contributed by atoms with Gasteiger partial charge in [0.2, 0.25) is 0 Å². The highest BCUT2D eigenvalue weighted by Gasteiger charge is 2.15. The van der Waals surface area contributed by atoms with Crippen molar-refractivity contribution >= 4 is 52.7 Å². The number of ether oxygens (including phenoxy) is 1. The Labute approximate surface area is 194 Å². The predicted molar refractivity (Wildman–Crippen MR) is 139 cm³/mol. The van der Waals surface area contributed by atoms with E-state index in [1.807, 2.05) is 44.4 Å². The number of hydrogen-bond donors (Lipinski definition) is 2. The van der Waals surface area contributed by atoms with Crippen molar-refractivity contribution in [3.8, 4) is 5.75 Å². The molecule has 0 unspecified atom stereocenters. The molecule has 0 aliphatic rings. The largest absolute Gasteiger partial charge is 0.491 e. The molecule has 8 heteroatoms. The van der Waals surface area contributed by atoms with Crippen LogP contribution in [-0.2, 0) is 0 Å². The van der Waals surface area contributed by atoms with Gasteiger partial charge in [-0.15, -0.1) is 0 Å². The fraction of sp³-hybridized carbons (Fsp3) is 0.200. The van der Waals surface area contributed by atoms with E-state index in [-0.39, 0.29) is 0 Å². The summed E-state index contributed by atoms with van der Waals surface area (Å²) in [5.41, 5.74) is 10.7. The molecular formula is C25H29N7O. The predicted octanol–water partition coefficient (Wildman–Crippen LogP) is 4.29. The minimum atomic E-state index is 0.504. The van der Waals surface area contributed by atoms with Gasteiger partial charge in [0.1, 0.15) is 24.5 Å². The van der Waals surface area contributed by atoms with E-state index in [2.05, 4.69) is 43.5 Å². The third-order valence-corrected chi connectivity index (χ3v) is 4.96. The minimum absolute atomic E-state index is 0.504. The molecule has 1 aromatic heterocycles. The van der Waals surface area contributed by atoms with E-state index in [1.165, 1.54) is 12.5 Å². The van der Waals surface area contributed by atoms with Gasteiger partial charge < -0.3 is 20.7 Å². The van der Waals surface area contributed by atoms with Crippen molar-refractivity contribution < 1.29 is 4.74 Å². The van der Waals surface area contributed by atoms with E-state index in [0.717, 1.165) is 45.5 Å². The summed E-state index contributed by atoms with van der Waals surface area (Å²) in [6.07, 6.45) is 6.48. The van der Waals surface area contributed by atoms with Gasteiger partial charge in [0, 0.05) is 42.8 Å². The van der Waals surface area contributed by atoms with Crippen molar-refractivity contribution in [2.45, 2.75) is 0 Å². The van der Waals surface area contributed by atoms with E-state index < -0.39 is 0 Å². The highest BCUT2D eigenvalue weighted by Crippen LogP contribution is 2.35. The van der Waals surface area contributed by atoms with Crippen molar-refractivity contribution in [1.29, 1.82) is 0 Å². The zero-order valence-electron chi connectivity index (χ0n) is 19.2. The van der Waals surface area contributed by atoms with Crippen molar-refractivity contribution in [3.05, 3.63) is 60.6 Å². The fourth-order valence-corrected chi connectivity index (χ4v) is 3.30. The molecule has 33 heavy (non-hydrogen) atoms. The average Bonchev–Trinajstić information content (AvgIpc) is 2.82. The van der Waals surface area contributed by atoms with Crippen LogP contribution in [0.3, 0.4) is 0 Å². The summed E-state index contributed by atoms with van der Waals surface area (Å²) in [5.74, 6) is 1.28. The van der Waals surface area contributed by atoms with E-state index in [9.17, 15) is 0 Å². The molecule has 0 atom stereocenters. The summed E-state index contributed by atoms with van der Waals surface area (Å²) in [6, 6.07) is 9.62. The maximum Gasteiger partial charge on any atom is 0.145 e. The number of likely N-dealkylation sites (N-methyl/N-ethyl adjacent to an activating group) is 1. The molecule has 3 rings (SSSR count). The zero-order chi connectivity index (χ0) is 23.8. The minimum Gasteiger partial charge on any atom is -0.491 e. The van der Waals surface area contributed by atoms with Crippen LogP contribution < -0.4 is 15.8 Å². The molecular weight excluding hydrogens is 414 g/mol. The standard InChI is InChI=1S/C25H29N7O/c1-6-17-11-20(7-8-21(17)28-3)31-25-24-22(29-16-30-25)12-18(19(14-26)15-27-2)13-23(24)33-10-9-32(4)5/h6-8,11-16H,1,3,9-10,26H2,2,4-5H3,(H,29,30,31)/b19-14+,27-15?. The first-order valence-electron chi connectivity index (χ1n) is 10.4. The molecule has 0 aliphatic carbocycles. The van der Waals surface area contributed by atoms with Crippen LogP contribution in [0.1, 0.15) is 11.1 Å². The second-order valence-corrected chi connectivity index (χ2v) is 7.51. The smallest absolute Gasteiger partial charge is 0.145 e. The molecule has 0 bridgehead atoms. The number of aliphatic imine (C=N–C) groups is 2. The molecule has 0 spiro atoms. The Morgan fingerprint density at radius 3 is 2.73 bits per heavy atom. The van der Waals surface area contributed by atoms with Gasteiger partial charge in [0.15, 0.2) is 0 Å². The van der Waals surface area contributed by atoms with E-state index >= 15 is 0 Å². The Morgan fingerprint density at radius 2 is 2.06 bits per heavy atom. The van der Waals surface area contributed by atoms with Gasteiger partial charge in [-0.1, -0.05) is 12.7 Å². The molecule has 1 heterocycles. The summed E-state index contributed by atoms with van der Waals surface area (Å²) < 4.78 is 6.19. The van der Waals surface area contributed by atoms with Crippen LogP contribution in [-0.4, -0.2) is 62.1 Å². The number of nitrogens with zero attached hydrogens (tertiary/aromatic N) is 5. The lowest BCUT2D eigenvalue weighted by Gasteiger charge is -2.17. The molecule has 0 radical (unpaired) electrons. The lowest BCUT2D eigenvalue weighted by atomic mass is 10.0. The van der Waals surface area contributed by atoms with Gasteiger partial charge in [0.25, 0.3) is 0 Å². The van der Waals surface area contributed by atoms with Gasteiger partial charge in [0.05, 0.1) is 16.6 Å². The van der Waals surface area contributed by atoms with Crippen molar-refractivity contribution in [2.75, 3.05) is 39.6 Å².